The van der Waals surface area contributed by atoms with Crippen LogP contribution in [0.4, 0.5) is 0 Å². The summed E-state index contributed by atoms with van der Waals surface area (Å²) in [6, 6.07) is 0. The zero-order valence-corrected chi connectivity index (χ0v) is 11.6. The lowest BCUT2D eigenvalue weighted by Gasteiger charge is -2.22. The molecule has 86 valence electrons. The standard InChI is InChI=1S/C10H18BrN3S/c1-13-3-2-4-14(6-5-13)10-12-8-9(7-11)15-10/h9H,2-8H2,1H3. The molecule has 0 aromatic rings. The molecule has 0 radical (unpaired) electrons. The van der Waals surface area contributed by atoms with E-state index in [0.717, 1.165) is 18.4 Å². The number of alkyl halides is 1. The van der Waals surface area contributed by atoms with Gasteiger partial charge in [0.2, 0.25) is 0 Å². The maximum Gasteiger partial charge on any atom is 0.159 e. The molecule has 0 aliphatic carbocycles. The van der Waals surface area contributed by atoms with Crippen molar-refractivity contribution in [1.82, 2.24) is 9.80 Å². The largest absolute Gasteiger partial charge is 0.350 e. The SMILES string of the molecule is CN1CCCN(C2=NCC(CBr)S2)CC1. The summed E-state index contributed by atoms with van der Waals surface area (Å²) in [7, 11) is 2.20. The summed E-state index contributed by atoms with van der Waals surface area (Å²) >= 11 is 5.47. The third-order valence-corrected chi connectivity index (χ3v) is 5.32. The summed E-state index contributed by atoms with van der Waals surface area (Å²) in [5.74, 6) is 0. The zero-order valence-electron chi connectivity index (χ0n) is 9.15. The number of halogens is 1. The van der Waals surface area contributed by atoms with E-state index in [1.807, 2.05) is 11.8 Å². The lowest BCUT2D eigenvalue weighted by atomic mass is 10.4. The van der Waals surface area contributed by atoms with E-state index in [1.165, 1.54) is 31.2 Å². The number of hydrogen-bond donors (Lipinski definition) is 0. The zero-order chi connectivity index (χ0) is 10.7. The fourth-order valence-corrected chi connectivity index (χ4v) is 3.49. The number of amidine groups is 1. The molecule has 1 saturated heterocycles. The van der Waals surface area contributed by atoms with Gasteiger partial charge in [-0.05, 0) is 20.0 Å². The molecule has 2 aliphatic rings. The van der Waals surface area contributed by atoms with Crippen molar-refractivity contribution in [3.8, 4) is 0 Å². The molecule has 0 amide bonds. The number of aliphatic imine (C=N–C) groups is 1. The fraction of sp³-hybridized carbons (Fsp3) is 0.900. The van der Waals surface area contributed by atoms with Gasteiger partial charge in [0.1, 0.15) is 0 Å². The summed E-state index contributed by atoms with van der Waals surface area (Å²) < 4.78 is 0. The van der Waals surface area contributed by atoms with Crippen LogP contribution in [-0.2, 0) is 0 Å². The van der Waals surface area contributed by atoms with E-state index in [9.17, 15) is 0 Å². The van der Waals surface area contributed by atoms with Crippen LogP contribution in [0.5, 0.6) is 0 Å². The molecule has 0 saturated carbocycles. The highest BCUT2D eigenvalue weighted by Gasteiger charge is 2.24. The lowest BCUT2D eigenvalue weighted by Crippen LogP contribution is -2.32. The van der Waals surface area contributed by atoms with Gasteiger partial charge in [0.25, 0.3) is 0 Å². The van der Waals surface area contributed by atoms with Gasteiger partial charge in [-0.3, -0.25) is 4.99 Å². The highest BCUT2D eigenvalue weighted by atomic mass is 79.9. The molecule has 1 unspecified atom stereocenters. The number of hydrogen-bond acceptors (Lipinski definition) is 4. The van der Waals surface area contributed by atoms with E-state index in [-0.39, 0.29) is 0 Å². The minimum absolute atomic E-state index is 0.654. The average Bonchev–Trinajstić information content (AvgIpc) is 2.62. The third kappa shape index (κ3) is 3.11. The summed E-state index contributed by atoms with van der Waals surface area (Å²) in [4.78, 5) is 9.50. The molecule has 2 heterocycles. The first kappa shape index (κ1) is 11.7. The Morgan fingerprint density at radius 3 is 3.00 bits per heavy atom. The van der Waals surface area contributed by atoms with Crippen LogP contribution in [0.15, 0.2) is 4.99 Å². The van der Waals surface area contributed by atoms with Crippen molar-refractivity contribution < 1.29 is 0 Å². The first-order valence-electron chi connectivity index (χ1n) is 5.50. The first-order valence-corrected chi connectivity index (χ1v) is 7.50. The van der Waals surface area contributed by atoms with Gasteiger partial charge < -0.3 is 9.80 Å². The number of likely N-dealkylation sites (N-methyl/N-ethyl adjacent to an activating group) is 1. The van der Waals surface area contributed by atoms with Crippen molar-refractivity contribution in [1.29, 1.82) is 0 Å². The maximum absolute atomic E-state index is 4.64. The molecule has 1 atom stereocenters. The Morgan fingerprint density at radius 2 is 2.27 bits per heavy atom. The van der Waals surface area contributed by atoms with Crippen molar-refractivity contribution in [3.63, 3.8) is 0 Å². The monoisotopic (exact) mass is 291 g/mol. The Labute approximate surface area is 104 Å². The fourth-order valence-electron chi connectivity index (χ4n) is 1.90. The summed E-state index contributed by atoms with van der Waals surface area (Å²) in [6.07, 6.45) is 1.26. The van der Waals surface area contributed by atoms with Crippen LogP contribution in [0, 0.1) is 0 Å². The van der Waals surface area contributed by atoms with E-state index >= 15 is 0 Å². The van der Waals surface area contributed by atoms with Gasteiger partial charge in [-0.25, -0.2) is 0 Å². The van der Waals surface area contributed by atoms with E-state index in [4.69, 9.17) is 0 Å². The van der Waals surface area contributed by atoms with E-state index in [2.05, 4.69) is 37.8 Å². The third-order valence-electron chi connectivity index (χ3n) is 2.86. The van der Waals surface area contributed by atoms with Gasteiger partial charge in [-0.15, -0.1) is 0 Å². The molecule has 0 aromatic carbocycles. The molecule has 2 rings (SSSR count). The molecule has 0 aromatic heterocycles. The van der Waals surface area contributed by atoms with E-state index in [0.29, 0.717) is 5.25 Å². The quantitative estimate of drug-likeness (QED) is 0.682. The number of nitrogens with zero attached hydrogens (tertiary/aromatic N) is 3. The van der Waals surface area contributed by atoms with Crippen LogP contribution < -0.4 is 0 Å². The smallest absolute Gasteiger partial charge is 0.159 e. The lowest BCUT2D eigenvalue weighted by molar-refractivity contribution is 0.347. The maximum atomic E-state index is 4.64. The first-order chi connectivity index (χ1) is 7.29. The van der Waals surface area contributed by atoms with Crippen LogP contribution in [0.25, 0.3) is 0 Å². The van der Waals surface area contributed by atoms with Crippen molar-refractivity contribution in [2.45, 2.75) is 11.7 Å². The highest BCUT2D eigenvalue weighted by molar-refractivity contribution is 9.09. The van der Waals surface area contributed by atoms with Gasteiger partial charge in [-0.1, -0.05) is 27.7 Å². The van der Waals surface area contributed by atoms with Gasteiger partial charge in [-0.2, -0.15) is 0 Å². The van der Waals surface area contributed by atoms with Crippen LogP contribution in [0.3, 0.4) is 0 Å². The predicted octanol–water partition coefficient (Wildman–Crippen LogP) is 1.49. The van der Waals surface area contributed by atoms with E-state index in [1.54, 1.807) is 0 Å². The second-order valence-electron chi connectivity index (χ2n) is 4.16. The Bertz CT molecular complexity index is 247. The summed E-state index contributed by atoms with van der Waals surface area (Å²) in [5, 5.41) is 2.98. The predicted molar refractivity (Wildman–Crippen MR) is 71.2 cm³/mol. The molecule has 3 nitrogen and oxygen atoms in total. The van der Waals surface area contributed by atoms with Crippen LogP contribution in [0.2, 0.25) is 0 Å². The van der Waals surface area contributed by atoms with Gasteiger partial charge in [0, 0.05) is 30.2 Å². The average molecular weight is 292 g/mol. The molecular weight excluding hydrogens is 274 g/mol. The molecule has 0 N–H and O–H groups in total. The van der Waals surface area contributed by atoms with Crippen molar-refractivity contribution in [2.24, 2.45) is 4.99 Å². The van der Waals surface area contributed by atoms with Crippen molar-refractivity contribution >= 4 is 32.9 Å². The minimum atomic E-state index is 0.654. The molecule has 0 spiro atoms. The van der Waals surface area contributed by atoms with E-state index < -0.39 is 0 Å². The Morgan fingerprint density at radius 1 is 1.40 bits per heavy atom. The van der Waals surface area contributed by atoms with Gasteiger partial charge in [0.05, 0.1) is 6.54 Å². The van der Waals surface area contributed by atoms with Crippen molar-refractivity contribution in [2.75, 3.05) is 45.1 Å². The number of thioether (sulfide) groups is 1. The summed E-state index contributed by atoms with van der Waals surface area (Å²) in [6.45, 7) is 5.68. The molecule has 1 fully saturated rings. The van der Waals surface area contributed by atoms with Crippen LogP contribution in [-0.4, -0.2) is 65.3 Å². The van der Waals surface area contributed by atoms with Gasteiger partial charge in [0.15, 0.2) is 5.17 Å². The minimum Gasteiger partial charge on any atom is -0.350 e. The van der Waals surface area contributed by atoms with Crippen molar-refractivity contribution in [3.05, 3.63) is 0 Å². The Balaban J connectivity index is 1.88. The summed E-state index contributed by atoms with van der Waals surface area (Å²) in [5.41, 5.74) is 0. The molecular formula is C10H18BrN3S. The molecule has 0 bridgehead atoms. The topological polar surface area (TPSA) is 18.8 Å². The van der Waals surface area contributed by atoms with Crippen LogP contribution >= 0.6 is 27.7 Å². The molecule has 2 aliphatic heterocycles. The van der Waals surface area contributed by atoms with Gasteiger partial charge >= 0.3 is 0 Å². The van der Waals surface area contributed by atoms with Crippen LogP contribution in [0.1, 0.15) is 6.42 Å². The normalized spacial score (nSPS) is 29.1. The highest BCUT2D eigenvalue weighted by Crippen LogP contribution is 2.25. The molecule has 15 heavy (non-hydrogen) atoms. The second kappa shape index (κ2) is 5.55. The second-order valence-corrected chi connectivity index (χ2v) is 6.08. The number of rotatable bonds is 1. The Kier molecular flexibility index (Phi) is 4.34. The molecule has 5 heteroatoms. The Hall–Kier alpha value is 0.260.